The van der Waals surface area contributed by atoms with Crippen LogP contribution in [0.1, 0.15) is 136 Å². The first kappa shape index (κ1) is 24.8. The maximum atomic E-state index is 5.72. The second kappa shape index (κ2) is 18.6. The van der Waals surface area contributed by atoms with E-state index in [0.29, 0.717) is 0 Å². The summed E-state index contributed by atoms with van der Waals surface area (Å²) in [4.78, 5) is 9.71. The molecule has 0 rings (SSSR count). The quantitative estimate of drug-likeness (QED) is 0.123. The molecule has 0 amide bonds. The second-order valence-corrected chi connectivity index (χ2v) is 8.38. The molecule has 3 heteroatoms. The lowest BCUT2D eigenvalue weighted by Gasteiger charge is -2.27. The third-order valence-electron chi connectivity index (χ3n) is 5.40. The molecule has 0 radical (unpaired) electrons. The highest BCUT2D eigenvalue weighted by atomic mass is 28.1. The zero-order chi connectivity index (χ0) is 18.6. The van der Waals surface area contributed by atoms with Crippen molar-refractivity contribution in [2.45, 2.75) is 142 Å². The van der Waals surface area contributed by atoms with Crippen LogP contribution in [0.15, 0.2) is 4.80 Å². The number of hydrogen-bond donors (Lipinski definition) is 0. The second-order valence-electron chi connectivity index (χ2n) is 8.12. The Labute approximate surface area is 162 Å². The monoisotopic (exact) mass is 369 g/mol. The molecule has 0 aliphatic rings. The van der Waals surface area contributed by atoms with Gasteiger partial charge in [0.1, 0.15) is 15.6 Å². The highest BCUT2D eigenvalue weighted by Gasteiger charge is 2.24. The fraction of sp³-hybridized carbons (Fsp3) is 1.00. The first-order valence-electron chi connectivity index (χ1n) is 11.3. The molecule has 0 bridgehead atoms. The molecule has 0 saturated heterocycles. The van der Waals surface area contributed by atoms with E-state index >= 15 is 0 Å². The molecule has 0 aromatic heterocycles. The van der Waals surface area contributed by atoms with Crippen molar-refractivity contribution in [2.75, 3.05) is 0 Å². The predicted molar refractivity (Wildman–Crippen MR) is 115 cm³/mol. The first-order chi connectivity index (χ1) is 12.2. The third kappa shape index (κ3) is 17.0. The van der Waals surface area contributed by atoms with E-state index in [-0.39, 0.29) is 5.60 Å². The van der Waals surface area contributed by atoms with E-state index < -0.39 is 0 Å². The van der Waals surface area contributed by atoms with E-state index in [9.17, 15) is 0 Å². The van der Waals surface area contributed by atoms with Crippen LogP contribution in [-0.4, -0.2) is 15.6 Å². The largest absolute Gasteiger partial charge is 0.401 e. The van der Waals surface area contributed by atoms with Gasteiger partial charge in [-0.3, -0.25) is 0 Å². The van der Waals surface area contributed by atoms with Gasteiger partial charge >= 0.3 is 0 Å². The van der Waals surface area contributed by atoms with Gasteiger partial charge in [-0.1, -0.05) is 104 Å². The SMILES string of the molecule is CCCCCCCCCCCCCCCC(C)(CCCCC)ON=[SiH2]. The van der Waals surface area contributed by atoms with Crippen LogP contribution in [0.2, 0.25) is 0 Å². The van der Waals surface area contributed by atoms with Crippen LogP contribution in [0.4, 0.5) is 0 Å². The van der Waals surface area contributed by atoms with Crippen LogP contribution >= 0.6 is 0 Å². The Morgan fingerprint density at radius 2 is 0.920 bits per heavy atom. The van der Waals surface area contributed by atoms with Gasteiger partial charge in [-0.25, -0.2) is 0 Å². The molecule has 0 saturated carbocycles. The summed E-state index contributed by atoms with van der Waals surface area (Å²) < 4.78 is 0. The van der Waals surface area contributed by atoms with Gasteiger partial charge in [0.15, 0.2) is 0 Å². The molecule has 0 fully saturated rings. The Morgan fingerprint density at radius 3 is 1.32 bits per heavy atom. The van der Waals surface area contributed by atoms with E-state index in [2.05, 4.69) is 25.6 Å². The number of unbranched alkanes of at least 4 members (excludes halogenated alkanes) is 14. The van der Waals surface area contributed by atoms with Gasteiger partial charge in [-0.05, 0) is 32.6 Å². The molecular weight excluding hydrogens is 322 g/mol. The van der Waals surface area contributed by atoms with Crippen molar-refractivity contribution in [3.8, 4) is 0 Å². The first-order valence-corrected chi connectivity index (χ1v) is 12.0. The summed E-state index contributed by atoms with van der Waals surface area (Å²) in [5, 5.41) is 0. The molecule has 150 valence electrons. The average Bonchev–Trinajstić information content (AvgIpc) is 2.59. The molecule has 0 aromatic rings. The summed E-state index contributed by atoms with van der Waals surface area (Å²) in [5.74, 6) is 0. The lowest BCUT2D eigenvalue weighted by atomic mass is 9.91. The van der Waals surface area contributed by atoms with Crippen LogP contribution in [0.5, 0.6) is 0 Å². The summed E-state index contributed by atoms with van der Waals surface area (Å²) in [6, 6.07) is 0. The predicted octanol–water partition coefficient (Wildman–Crippen LogP) is 7.56. The highest BCUT2D eigenvalue weighted by molar-refractivity contribution is 5.91. The van der Waals surface area contributed by atoms with Gasteiger partial charge in [0.2, 0.25) is 0 Å². The number of rotatable bonds is 20. The van der Waals surface area contributed by atoms with Crippen molar-refractivity contribution >= 4 is 10.0 Å². The fourth-order valence-electron chi connectivity index (χ4n) is 3.64. The molecular formula is C22H47NOSi. The summed E-state index contributed by atoms with van der Waals surface area (Å²) in [5.41, 5.74) is -0.0192. The Morgan fingerprint density at radius 1 is 0.600 bits per heavy atom. The summed E-state index contributed by atoms with van der Waals surface area (Å²) in [6.07, 6.45) is 24.6. The fourth-order valence-corrected chi connectivity index (χ4v) is 3.95. The number of hydrogen-bond acceptors (Lipinski definition) is 2. The van der Waals surface area contributed by atoms with Crippen molar-refractivity contribution in [1.29, 1.82) is 0 Å². The normalized spacial score (nSPS) is 13.6. The Bertz CT molecular complexity index is 285. The van der Waals surface area contributed by atoms with E-state index in [4.69, 9.17) is 4.84 Å². The molecule has 1 unspecified atom stereocenters. The maximum Gasteiger partial charge on any atom is 0.148 e. The average molecular weight is 370 g/mol. The van der Waals surface area contributed by atoms with Gasteiger partial charge < -0.3 is 4.84 Å². The minimum atomic E-state index is -0.0192. The van der Waals surface area contributed by atoms with Crippen LogP contribution in [0.3, 0.4) is 0 Å². The lowest BCUT2D eigenvalue weighted by Crippen LogP contribution is -2.26. The molecule has 25 heavy (non-hydrogen) atoms. The Balaban J connectivity index is 3.46. The van der Waals surface area contributed by atoms with E-state index in [1.807, 2.05) is 0 Å². The van der Waals surface area contributed by atoms with Gasteiger partial charge in [-0.2, -0.15) is 4.80 Å². The van der Waals surface area contributed by atoms with E-state index in [1.165, 1.54) is 103 Å². The summed E-state index contributed by atoms with van der Waals surface area (Å²) >= 11 is 0. The molecule has 1 atom stereocenters. The van der Waals surface area contributed by atoms with Gasteiger partial charge in [0.05, 0.1) is 0 Å². The minimum Gasteiger partial charge on any atom is -0.401 e. The van der Waals surface area contributed by atoms with E-state index in [1.54, 1.807) is 10.0 Å². The minimum absolute atomic E-state index is 0.0192. The smallest absolute Gasteiger partial charge is 0.148 e. The van der Waals surface area contributed by atoms with Crippen molar-refractivity contribution in [1.82, 2.24) is 0 Å². The summed E-state index contributed by atoms with van der Waals surface area (Å²) in [6.45, 7) is 6.80. The van der Waals surface area contributed by atoms with Crippen molar-refractivity contribution in [3.63, 3.8) is 0 Å². The molecule has 2 nitrogen and oxygen atoms in total. The molecule has 0 N–H and O–H groups in total. The molecule has 0 aromatic carbocycles. The highest BCUT2D eigenvalue weighted by Crippen LogP contribution is 2.26. The Kier molecular flexibility index (Phi) is 18.5. The van der Waals surface area contributed by atoms with Gasteiger partial charge in [-0.15, -0.1) is 0 Å². The van der Waals surface area contributed by atoms with Crippen LogP contribution < -0.4 is 0 Å². The standard InChI is InChI=1S/C22H47NOSi/c1-4-6-8-9-10-11-12-13-14-15-16-17-19-21-22(3,24-23-25)20-18-7-5-2/h4-21,25H2,1-3H3. The van der Waals surface area contributed by atoms with Crippen molar-refractivity contribution in [3.05, 3.63) is 0 Å². The van der Waals surface area contributed by atoms with Crippen LogP contribution in [0, 0.1) is 0 Å². The number of nitrogens with zero attached hydrogens (tertiary/aromatic N) is 1. The Hall–Kier alpha value is -0.183. The van der Waals surface area contributed by atoms with Crippen LogP contribution in [0.25, 0.3) is 0 Å². The van der Waals surface area contributed by atoms with Gasteiger partial charge in [0.25, 0.3) is 0 Å². The summed E-state index contributed by atoms with van der Waals surface area (Å²) in [7, 11) is 1.57. The third-order valence-corrected chi connectivity index (χ3v) is 5.53. The lowest BCUT2D eigenvalue weighted by molar-refractivity contribution is -0.0419. The molecule has 0 heterocycles. The van der Waals surface area contributed by atoms with Crippen molar-refractivity contribution in [2.24, 2.45) is 4.80 Å². The zero-order valence-corrected chi connectivity index (χ0v) is 19.2. The van der Waals surface area contributed by atoms with Crippen molar-refractivity contribution < 1.29 is 4.84 Å². The molecule has 0 aliphatic heterocycles. The zero-order valence-electron chi connectivity index (χ0n) is 17.8. The van der Waals surface area contributed by atoms with Gasteiger partial charge in [0, 0.05) is 0 Å². The van der Waals surface area contributed by atoms with E-state index in [0.717, 1.165) is 12.8 Å². The maximum absolute atomic E-state index is 5.72. The topological polar surface area (TPSA) is 21.6 Å². The molecule has 0 spiro atoms. The van der Waals surface area contributed by atoms with Crippen LogP contribution in [-0.2, 0) is 4.84 Å². The molecule has 0 aliphatic carbocycles.